The van der Waals surface area contributed by atoms with E-state index in [2.05, 4.69) is 10.3 Å². The molecule has 1 amide bonds. The molecule has 136 valence electrons. The lowest BCUT2D eigenvalue weighted by Gasteiger charge is -2.04. The Morgan fingerprint density at radius 3 is 2.42 bits per heavy atom. The average molecular weight is 355 g/mol. The van der Waals surface area contributed by atoms with Crippen molar-refractivity contribution < 1.29 is 19.8 Å². The maximum absolute atomic E-state index is 10.6. The van der Waals surface area contributed by atoms with Gasteiger partial charge in [-0.25, -0.2) is 0 Å². The van der Waals surface area contributed by atoms with Gasteiger partial charge >= 0.3 is 5.97 Å². The molecule has 0 spiro atoms. The van der Waals surface area contributed by atoms with E-state index in [-0.39, 0.29) is 11.7 Å². The molecule has 0 fully saturated rings. The van der Waals surface area contributed by atoms with Gasteiger partial charge in [-0.1, -0.05) is 18.2 Å². The van der Waals surface area contributed by atoms with Crippen molar-refractivity contribution in [3.8, 4) is 5.75 Å². The number of aliphatic carboxylic acids is 1. The number of hydrogen-bond acceptors (Lipinski definition) is 4. The first-order valence-corrected chi connectivity index (χ1v) is 7.97. The van der Waals surface area contributed by atoms with Crippen molar-refractivity contribution in [1.29, 1.82) is 0 Å². The normalized spacial score (nSPS) is 11.3. The molecular weight excluding hydrogens is 334 g/mol. The molecule has 0 unspecified atom stereocenters. The maximum atomic E-state index is 10.6. The number of rotatable bonds is 4. The number of fused-ring (bicyclic) bond motifs is 1. The lowest BCUT2D eigenvalue weighted by atomic mass is 10.1. The number of carboxylic acid groups (broad SMARTS) is 1. The number of phenolic OH excluding ortho intramolecular Hbond substituents is 1. The fraction of sp³-hybridized carbons (Fsp3) is 0.158. The summed E-state index contributed by atoms with van der Waals surface area (Å²) in [6.45, 7) is 1.44. The van der Waals surface area contributed by atoms with Gasteiger partial charge in [0.2, 0.25) is 5.91 Å². The quantitative estimate of drug-likeness (QED) is 0.459. The van der Waals surface area contributed by atoms with Crippen LogP contribution in [0.1, 0.15) is 12.5 Å². The van der Waals surface area contributed by atoms with Crippen LogP contribution in [0.2, 0.25) is 0 Å². The van der Waals surface area contributed by atoms with E-state index in [1.54, 1.807) is 12.1 Å². The van der Waals surface area contributed by atoms with Gasteiger partial charge < -0.3 is 26.2 Å². The number of aromatic hydroxyl groups is 1. The van der Waals surface area contributed by atoms with Gasteiger partial charge in [0, 0.05) is 36.1 Å². The van der Waals surface area contributed by atoms with E-state index in [1.807, 2.05) is 30.5 Å². The first kappa shape index (κ1) is 19.0. The Morgan fingerprint density at radius 2 is 1.81 bits per heavy atom. The summed E-state index contributed by atoms with van der Waals surface area (Å²) < 4.78 is 0. The van der Waals surface area contributed by atoms with Gasteiger partial charge in [-0.2, -0.15) is 0 Å². The number of anilines is 1. The number of hydrogen-bond donors (Lipinski definition) is 5. The number of carboxylic acids is 1. The molecule has 7 heteroatoms. The van der Waals surface area contributed by atoms with Gasteiger partial charge in [-0.3, -0.25) is 9.59 Å². The average Bonchev–Trinajstić information content (AvgIpc) is 3.00. The Balaban J connectivity index is 0.000000197. The monoisotopic (exact) mass is 355 g/mol. The van der Waals surface area contributed by atoms with Crippen molar-refractivity contribution in [2.24, 2.45) is 5.73 Å². The number of carbonyl (C=O) groups excluding carboxylic acids is 1. The summed E-state index contributed by atoms with van der Waals surface area (Å²) in [6.07, 6.45) is 2.16. The first-order chi connectivity index (χ1) is 12.4. The number of amides is 1. The lowest BCUT2D eigenvalue weighted by molar-refractivity contribution is -0.138. The molecule has 0 aliphatic heterocycles. The van der Waals surface area contributed by atoms with Crippen molar-refractivity contribution in [2.45, 2.75) is 19.4 Å². The summed E-state index contributed by atoms with van der Waals surface area (Å²) in [6, 6.07) is 13.2. The van der Waals surface area contributed by atoms with E-state index < -0.39 is 12.0 Å². The maximum Gasteiger partial charge on any atom is 0.320 e. The van der Waals surface area contributed by atoms with Crippen LogP contribution in [0.3, 0.4) is 0 Å². The van der Waals surface area contributed by atoms with Gasteiger partial charge in [0.05, 0.1) is 0 Å². The first-order valence-electron chi connectivity index (χ1n) is 7.97. The van der Waals surface area contributed by atoms with Gasteiger partial charge in [0.15, 0.2) is 0 Å². The van der Waals surface area contributed by atoms with Crippen molar-refractivity contribution >= 4 is 28.5 Å². The minimum atomic E-state index is -0.972. The van der Waals surface area contributed by atoms with E-state index in [0.29, 0.717) is 12.1 Å². The van der Waals surface area contributed by atoms with Gasteiger partial charge in [0.25, 0.3) is 0 Å². The Bertz CT molecular complexity index is 887. The third-order valence-electron chi connectivity index (χ3n) is 3.62. The number of aromatic nitrogens is 1. The standard InChI is InChI=1S/C11H12N2O2.C8H9NO2/c12-9(11(14)15)5-7-6-13-10-4-2-1-3-8(7)10;1-6(10)9-7-2-4-8(11)5-3-7/h1-4,6,9,13H,5,12H2,(H,14,15);2-5,11H,1H3,(H,9,10)/t9-;/m0./s1. The minimum Gasteiger partial charge on any atom is -0.508 e. The molecule has 6 N–H and O–H groups in total. The highest BCUT2D eigenvalue weighted by Crippen LogP contribution is 2.18. The van der Waals surface area contributed by atoms with Gasteiger partial charge in [0.1, 0.15) is 11.8 Å². The van der Waals surface area contributed by atoms with Crippen LogP contribution in [-0.2, 0) is 16.0 Å². The highest BCUT2D eigenvalue weighted by atomic mass is 16.4. The van der Waals surface area contributed by atoms with Crippen LogP contribution in [0.25, 0.3) is 10.9 Å². The third-order valence-corrected chi connectivity index (χ3v) is 3.62. The fourth-order valence-corrected chi connectivity index (χ4v) is 2.37. The molecule has 0 bridgehead atoms. The number of nitrogens with one attached hydrogen (secondary N) is 2. The molecule has 1 atom stereocenters. The Morgan fingerprint density at radius 1 is 1.15 bits per heavy atom. The Hall–Kier alpha value is -3.32. The number of carbonyl (C=O) groups is 2. The fourth-order valence-electron chi connectivity index (χ4n) is 2.37. The molecule has 1 aromatic heterocycles. The van der Waals surface area contributed by atoms with E-state index in [1.165, 1.54) is 19.1 Å². The topological polar surface area (TPSA) is 128 Å². The van der Waals surface area contributed by atoms with Crippen molar-refractivity contribution in [3.05, 3.63) is 60.3 Å². The predicted molar refractivity (Wildman–Crippen MR) is 100 cm³/mol. The van der Waals surface area contributed by atoms with E-state index >= 15 is 0 Å². The van der Waals surface area contributed by atoms with E-state index in [9.17, 15) is 9.59 Å². The summed E-state index contributed by atoms with van der Waals surface area (Å²) in [5.74, 6) is -0.893. The number of benzene rings is 2. The van der Waals surface area contributed by atoms with Crippen LogP contribution >= 0.6 is 0 Å². The molecule has 26 heavy (non-hydrogen) atoms. The Labute approximate surface area is 150 Å². The van der Waals surface area contributed by atoms with Crippen molar-refractivity contribution in [3.63, 3.8) is 0 Å². The Kier molecular flexibility index (Phi) is 6.35. The molecule has 7 nitrogen and oxygen atoms in total. The summed E-state index contributed by atoms with van der Waals surface area (Å²) >= 11 is 0. The smallest absolute Gasteiger partial charge is 0.320 e. The third kappa shape index (κ3) is 5.35. The predicted octanol–water partition coefficient (Wildman–Crippen LogP) is 2.47. The molecule has 0 aliphatic carbocycles. The number of aromatic amines is 1. The molecule has 0 saturated carbocycles. The van der Waals surface area contributed by atoms with Crippen LogP contribution in [0, 0.1) is 0 Å². The number of para-hydroxylation sites is 1. The largest absolute Gasteiger partial charge is 0.508 e. The molecular formula is C19H21N3O4. The van der Waals surface area contributed by atoms with Crippen LogP contribution in [0.15, 0.2) is 54.7 Å². The van der Waals surface area contributed by atoms with E-state index in [4.69, 9.17) is 15.9 Å². The lowest BCUT2D eigenvalue weighted by Crippen LogP contribution is -2.32. The molecule has 0 radical (unpaired) electrons. The van der Waals surface area contributed by atoms with Crippen LogP contribution in [0.4, 0.5) is 5.69 Å². The van der Waals surface area contributed by atoms with Crippen molar-refractivity contribution in [1.82, 2.24) is 4.98 Å². The highest BCUT2D eigenvalue weighted by Gasteiger charge is 2.14. The summed E-state index contributed by atoms with van der Waals surface area (Å²) in [7, 11) is 0. The number of H-pyrrole nitrogens is 1. The van der Waals surface area contributed by atoms with Crippen LogP contribution in [-0.4, -0.2) is 33.1 Å². The molecule has 3 aromatic rings. The van der Waals surface area contributed by atoms with Crippen LogP contribution in [0.5, 0.6) is 5.75 Å². The molecule has 1 heterocycles. The zero-order valence-corrected chi connectivity index (χ0v) is 14.3. The second-order valence-electron chi connectivity index (χ2n) is 5.74. The van der Waals surface area contributed by atoms with Gasteiger partial charge in [-0.15, -0.1) is 0 Å². The molecule has 2 aromatic carbocycles. The summed E-state index contributed by atoms with van der Waals surface area (Å²) in [4.78, 5) is 24.2. The highest BCUT2D eigenvalue weighted by molar-refractivity contribution is 5.88. The number of nitrogens with two attached hydrogens (primary N) is 1. The minimum absolute atomic E-state index is 0.115. The second kappa shape index (κ2) is 8.68. The van der Waals surface area contributed by atoms with Crippen LogP contribution < -0.4 is 11.1 Å². The summed E-state index contributed by atoms with van der Waals surface area (Å²) in [5, 5.41) is 21.2. The summed E-state index contributed by atoms with van der Waals surface area (Å²) in [5.41, 5.74) is 8.13. The SMILES string of the molecule is CC(=O)Nc1ccc(O)cc1.N[C@@H](Cc1c[nH]c2ccccc12)C(=O)O. The zero-order chi connectivity index (χ0) is 19.1. The molecule has 3 rings (SSSR count). The second-order valence-corrected chi connectivity index (χ2v) is 5.74. The zero-order valence-electron chi connectivity index (χ0n) is 14.3. The molecule has 0 saturated heterocycles. The van der Waals surface area contributed by atoms with E-state index in [0.717, 1.165) is 16.5 Å². The molecule has 0 aliphatic rings. The van der Waals surface area contributed by atoms with Gasteiger partial charge in [-0.05, 0) is 35.9 Å². The van der Waals surface area contributed by atoms with Crippen molar-refractivity contribution in [2.75, 3.05) is 5.32 Å². The number of phenols is 1.